The first kappa shape index (κ1) is 13.5. The van der Waals surface area contributed by atoms with Gasteiger partial charge in [0.15, 0.2) is 5.78 Å². The summed E-state index contributed by atoms with van der Waals surface area (Å²) in [7, 11) is 0. The van der Waals surface area contributed by atoms with Crippen molar-refractivity contribution in [2.75, 3.05) is 0 Å². The van der Waals surface area contributed by atoms with Gasteiger partial charge in [0.1, 0.15) is 19.2 Å². The van der Waals surface area contributed by atoms with Gasteiger partial charge in [-0.05, 0) is 17.2 Å². The van der Waals surface area contributed by atoms with Gasteiger partial charge in [-0.25, -0.2) is 9.67 Å². The molecule has 0 radical (unpaired) electrons. The summed E-state index contributed by atoms with van der Waals surface area (Å²) in [5.74, 6) is -0.0926. The highest BCUT2D eigenvalue weighted by Crippen LogP contribution is 2.29. The summed E-state index contributed by atoms with van der Waals surface area (Å²) in [5.41, 5.74) is 2.30. The first-order valence-corrected chi connectivity index (χ1v) is 6.83. The Morgan fingerprint density at radius 2 is 1.90 bits per heavy atom. The van der Waals surface area contributed by atoms with E-state index in [4.69, 9.17) is 11.6 Å². The summed E-state index contributed by atoms with van der Waals surface area (Å²) in [4.78, 5) is 16.4. The van der Waals surface area contributed by atoms with Crippen molar-refractivity contribution in [3.8, 4) is 11.1 Å². The van der Waals surface area contributed by atoms with Crippen LogP contribution in [0.15, 0.2) is 61.2 Å². The zero-order chi connectivity index (χ0) is 14.7. The number of carbonyl (C=O) groups is 1. The smallest absolute Gasteiger partial charge is 0.186 e. The van der Waals surface area contributed by atoms with Crippen LogP contribution < -0.4 is 0 Å². The monoisotopic (exact) mass is 297 g/mol. The maximum absolute atomic E-state index is 12.6. The number of hydrogen-bond acceptors (Lipinski definition) is 3. The molecule has 0 atom stereocenters. The fraction of sp³-hybridized carbons (Fsp3) is 0.0625. The molecule has 0 saturated carbocycles. The predicted octanol–water partition coefficient (Wildman–Crippen LogP) is 3.48. The molecular formula is C16H12ClN3O. The Labute approximate surface area is 127 Å². The van der Waals surface area contributed by atoms with Crippen molar-refractivity contribution in [3.63, 3.8) is 0 Å². The average Bonchev–Trinajstić information content (AvgIpc) is 3.00. The number of halogens is 1. The van der Waals surface area contributed by atoms with Crippen molar-refractivity contribution in [1.82, 2.24) is 14.8 Å². The molecule has 0 amide bonds. The highest BCUT2D eigenvalue weighted by molar-refractivity contribution is 6.34. The molecule has 21 heavy (non-hydrogen) atoms. The van der Waals surface area contributed by atoms with Crippen LogP contribution in [0.4, 0.5) is 0 Å². The van der Waals surface area contributed by atoms with Crippen LogP contribution in [0.5, 0.6) is 0 Å². The van der Waals surface area contributed by atoms with Gasteiger partial charge in [-0.2, -0.15) is 5.10 Å². The summed E-state index contributed by atoms with van der Waals surface area (Å²) in [6, 6.07) is 15.2. The zero-order valence-electron chi connectivity index (χ0n) is 11.1. The fourth-order valence-electron chi connectivity index (χ4n) is 2.21. The molecule has 0 aliphatic heterocycles. The quantitative estimate of drug-likeness (QED) is 0.693. The molecular weight excluding hydrogens is 286 g/mol. The molecule has 0 bridgehead atoms. The van der Waals surface area contributed by atoms with Gasteiger partial charge in [-0.15, -0.1) is 0 Å². The summed E-state index contributed by atoms with van der Waals surface area (Å²) in [6.45, 7) is 0.115. The molecule has 0 N–H and O–H groups in total. The molecule has 0 aliphatic rings. The Morgan fingerprint density at radius 1 is 1.10 bits per heavy atom. The van der Waals surface area contributed by atoms with Crippen molar-refractivity contribution in [2.45, 2.75) is 6.54 Å². The van der Waals surface area contributed by atoms with E-state index in [1.165, 1.54) is 17.3 Å². The number of benzene rings is 2. The van der Waals surface area contributed by atoms with E-state index in [-0.39, 0.29) is 12.3 Å². The largest absolute Gasteiger partial charge is 0.292 e. The molecule has 0 spiro atoms. The van der Waals surface area contributed by atoms with Crippen LogP contribution in [0.25, 0.3) is 11.1 Å². The van der Waals surface area contributed by atoms with Crippen molar-refractivity contribution in [3.05, 3.63) is 71.8 Å². The molecule has 104 valence electrons. The molecule has 0 fully saturated rings. The van der Waals surface area contributed by atoms with Crippen LogP contribution >= 0.6 is 11.6 Å². The molecule has 4 nitrogen and oxygen atoms in total. The number of rotatable bonds is 4. The van der Waals surface area contributed by atoms with Gasteiger partial charge in [0.2, 0.25) is 0 Å². The lowest BCUT2D eigenvalue weighted by atomic mass is 9.97. The van der Waals surface area contributed by atoms with Gasteiger partial charge < -0.3 is 0 Å². The fourth-order valence-corrected chi connectivity index (χ4v) is 2.49. The third kappa shape index (κ3) is 2.85. The maximum atomic E-state index is 12.6. The maximum Gasteiger partial charge on any atom is 0.186 e. The summed E-state index contributed by atoms with van der Waals surface area (Å²) in [6.07, 6.45) is 2.91. The van der Waals surface area contributed by atoms with Gasteiger partial charge in [0, 0.05) is 5.56 Å². The predicted molar refractivity (Wildman–Crippen MR) is 81.2 cm³/mol. The Kier molecular flexibility index (Phi) is 3.79. The number of ketones is 1. The van der Waals surface area contributed by atoms with E-state index in [9.17, 15) is 4.79 Å². The van der Waals surface area contributed by atoms with E-state index in [0.29, 0.717) is 10.6 Å². The normalized spacial score (nSPS) is 10.5. The minimum absolute atomic E-state index is 0.0926. The van der Waals surface area contributed by atoms with Crippen LogP contribution in [0.3, 0.4) is 0 Å². The minimum Gasteiger partial charge on any atom is -0.292 e. The Morgan fingerprint density at radius 3 is 2.62 bits per heavy atom. The summed E-state index contributed by atoms with van der Waals surface area (Å²) >= 11 is 6.25. The third-order valence-electron chi connectivity index (χ3n) is 3.15. The van der Waals surface area contributed by atoms with E-state index < -0.39 is 0 Å². The SMILES string of the molecule is O=C(Cn1cncn1)c1c(Cl)cccc1-c1ccccc1. The number of nitrogens with zero attached hydrogens (tertiary/aromatic N) is 3. The standard InChI is InChI=1S/C16H12ClN3O/c17-14-8-4-7-13(12-5-2-1-3-6-12)16(14)15(21)9-20-11-18-10-19-20/h1-8,10-11H,9H2. The highest BCUT2D eigenvalue weighted by atomic mass is 35.5. The number of aromatic nitrogens is 3. The first-order valence-electron chi connectivity index (χ1n) is 6.45. The Bertz CT molecular complexity index is 754. The van der Waals surface area contributed by atoms with Gasteiger partial charge in [0.05, 0.1) is 5.02 Å². The molecule has 1 heterocycles. The van der Waals surface area contributed by atoms with Gasteiger partial charge >= 0.3 is 0 Å². The van der Waals surface area contributed by atoms with Gasteiger partial charge in [-0.3, -0.25) is 4.79 Å². The molecule has 0 saturated heterocycles. The minimum atomic E-state index is -0.0926. The highest BCUT2D eigenvalue weighted by Gasteiger charge is 2.17. The van der Waals surface area contributed by atoms with E-state index >= 15 is 0 Å². The van der Waals surface area contributed by atoms with Crippen molar-refractivity contribution < 1.29 is 4.79 Å². The van der Waals surface area contributed by atoms with E-state index in [1.54, 1.807) is 6.07 Å². The molecule has 1 aromatic heterocycles. The zero-order valence-corrected chi connectivity index (χ0v) is 11.9. The molecule has 3 rings (SSSR count). The summed E-state index contributed by atoms with van der Waals surface area (Å²) < 4.78 is 1.49. The van der Waals surface area contributed by atoms with Crippen LogP contribution in [0.2, 0.25) is 5.02 Å². The average molecular weight is 298 g/mol. The van der Waals surface area contributed by atoms with Crippen molar-refractivity contribution >= 4 is 17.4 Å². The van der Waals surface area contributed by atoms with E-state index in [0.717, 1.165) is 11.1 Å². The van der Waals surface area contributed by atoms with E-state index in [2.05, 4.69) is 10.1 Å². The van der Waals surface area contributed by atoms with Crippen LogP contribution in [-0.2, 0) is 6.54 Å². The second kappa shape index (κ2) is 5.89. The number of hydrogen-bond donors (Lipinski definition) is 0. The van der Waals surface area contributed by atoms with Gasteiger partial charge in [-0.1, -0.05) is 54.1 Å². The summed E-state index contributed by atoms with van der Waals surface area (Å²) in [5, 5.41) is 4.40. The van der Waals surface area contributed by atoms with Crippen LogP contribution in [0, 0.1) is 0 Å². The first-order chi connectivity index (χ1) is 10.3. The third-order valence-corrected chi connectivity index (χ3v) is 3.46. The van der Waals surface area contributed by atoms with Crippen LogP contribution in [0.1, 0.15) is 10.4 Å². The molecule has 3 aromatic rings. The second-order valence-electron chi connectivity index (χ2n) is 4.54. The number of Topliss-reactive ketones (excluding diaryl/α,β-unsaturated/α-hetero) is 1. The Hall–Kier alpha value is -2.46. The lowest BCUT2D eigenvalue weighted by Gasteiger charge is -2.11. The van der Waals surface area contributed by atoms with Gasteiger partial charge in [0.25, 0.3) is 0 Å². The lowest BCUT2D eigenvalue weighted by Crippen LogP contribution is -2.12. The second-order valence-corrected chi connectivity index (χ2v) is 4.95. The van der Waals surface area contributed by atoms with Crippen molar-refractivity contribution in [1.29, 1.82) is 0 Å². The van der Waals surface area contributed by atoms with E-state index in [1.807, 2.05) is 42.5 Å². The lowest BCUT2D eigenvalue weighted by molar-refractivity contribution is 0.0968. The Balaban J connectivity index is 2.03. The molecule has 0 unspecified atom stereocenters. The molecule has 2 aromatic carbocycles. The van der Waals surface area contributed by atoms with Crippen molar-refractivity contribution in [2.24, 2.45) is 0 Å². The number of carbonyl (C=O) groups excluding carboxylic acids is 1. The molecule has 0 aliphatic carbocycles. The van der Waals surface area contributed by atoms with Crippen LogP contribution in [-0.4, -0.2) is 20.5 Å². The molecule has 5 heteroatoms. The topological polar surface area (TPSA) is 47.8 Å².